The van der Waals surface area contributed by atoms with E-state index in [0.29, 0.717) is 29.2 Å². The van der Waals surface area contributed by atoms with Crippen LogP contribution in [-0.4, -0.2) is 38.2 Å². The van der Waals surface area contributed by atoms with E-state index in [9.17, 15) is 9.59 Å². The van der Waals surface area contributed by atoms with E-state index >= 15 is 0 Å². The van der Waals surface area contributed by atoms with Crippen molar-refractivity contribution < 1.29 is 14.3 Å². The molecule has 2 aromatic heterocycles. The van der Waals surface area contributed by atoms with Crippen LogP contribution in [0.5, 0.6) is 0 Å². The van der Waals surface area contributed by atoms with Gasteiger partial charge in [-0.1, -0.05) is 6.07 Å². The second-order valence-electron chi connectivity index (χ2n) is 5.37. The van der Waals surface area contributed by atoms with Gasteiger partial charge in [0.1, 0.15) is 11.3 Å². The Morgan fingerprint density at radius 2 is 2.08 bits per heavy atom. The smallest absolute Gasteiger partial charge is 0.341 e. The minimum Gasteiger partial charge on any atom is -0.462 e. The highest BCUT2D eigenvalue weighted by Crippen LogP contribution is 2.19. The molecule has 0 aliphatic carbocycles. The largest absolute Gasteiger partial charge is 0.462 e. The first-order chi connectivity index (χ1) is 12.6. The van der Waals surface area contributed by atoms with E-state index in [-0.39, 0.29) is 11.6 Å². The van der Waals surface area contributed by atoms with Gasteiger partial charge >= 0.3 is 5.97 Å². The molecule has 0 fully saturated rings. The maximum Gasteiger partial charge on any atom is 0.341 e. The number of anilines is 1. The molecule has 0 aliphatic heterocycles. The van der Waals surface area contributed by atoms with Gasteiger partial charge in [-0.3, -0.25) is 9.78 Å². The molecule has 0 spiro atoms. The number of amides is 1. The van der Waals surface area contributed by atoms with E-state index in [1.165, 1.54) is 24.8 Å². The Labute approximate surface area is 149 Å². The molecule has 132 valence electrons. The van der Waals surface area contributed by atoms with Crippen LogP contribution in [-0.2, 0) is 4.74 Å². The molecule has 2 heterocycles. The third-order valence-electron chi connectivity index (χ3n) is 3.65. The number of carbonyl (C=O) groups is 2. The Hall–Kier alpha value is -3.55. The van der Waals surface area contributed by atoms with Gasteiger partial charge in [0.15, 0.2) is 0 Å². The van der Waals surface area contributed by atoms with Gasteiger partial charge in [-0.25, -0.2) is 14.5 Å². The third-order valence-corrected chi connectivity index (χ3v) is 3.65. The first-order valence-electron chi connectivity index (χ1n) is 7.99. The molecule has 0 unspecified atom stereocenters. The fourth-order valence-electron chi connectivity index (χ4n) is 2.41. The Balaban J connectivity index is 1.84. The van der Waals surface area contributed by atoms with Crippen molar-refractivity contribution in [2.45, 2.75) is 13.8 Å². The fraction of sp³-hybridized carbons (Fsp3) is 0.167. The Morgan fingerprint density at radius 1 is 1.23 bits per heavy atom. The van der Waals surface area contributed by atoms with E-state index in [1.54, 1.807) is 36.7 Å². The predicted molar refractivity (Wildman–Crippen MR) is 94.2 cm³/mol. The number of ether oxygens (including phenoxy) is 1. The SMILES string of the molecule is CCOC(=O)c1cnn(-c2cccc(NC(=O)c3cnccn3)c2)c1C. The molecular weight excluding hydrogens is 334 g/mol. The average molecular weight is 351 g/mol. The van der Waals surface area contributed by atoms with Crippen LogP contribution < -0.4 is 5.32 Å². The van der Waals surface area contributed by atoms with Crippen molar-refractivity contribution in [3.05, 3.63) is 66.0 Å². The number of nitrogens with zero attached hydrogens (tertiary/aromatic N) is 4. The van der Waals surface area contributed by atoms with Crippen molar-refractivity contribution >= 4 is 17.6 Å². The molecule has 1 aromatic carbocycles. The number of nitrogens with one attached hydrogen (secondary N) is 1. The van der Waals surface area contributed by atoms with Gasteiger partial charge in [0, 0.05) is 18.1 Å². The first-order valence-corrected chi connectivity index (χ1v) is 7.99. The predicted octanol–water partition coefficient (Wildman–Crippen LogP) is 2.40. The van der Waals surface area contributed by atoms with Gasteiger partial charge in [0.25, 0.3) is 5.91 Å². The molecule has 26 heavy (non-hydrogen) atoms. The quantitative estimate of drug-likeness (QED) is 0.709. The van der Waals surface area contributed by atoms with Gasteiger partial charge in [-0.05, 0) is 32.0 Å². The Bertz CT molecular complexity index is 937. The summed E-state index contributed by atoms with van der Waals surface area (Å²) in [5, 5.41) is 7.01. The number of benzene rings is 1. The zero-order valence-corrected chi connectivity index (χ0v) is 14.3. The molecule has 8 nitrogen and oxygen atoms in total. The lowest BCUT2D eigenvalue weighted by molar-refractivity contribution is 0.0525. The van der Waals surface area contributed by atoms with Gasteiger partial charge in [-0.2, -0.15) is 5.10 Å². The zero-order chi connectivity index (χ0) is 18.5. The molecule has 0 saturated carbocycles. The van der Waals surface area contributed by atoms with Crippen molar-refractivity contribution in [1.29, 1.82) is 0 Å². The van der Waals surface area contributed by atoms with Crippen LogP contribution in [0.25, 0.3) is 5.69 Å². The van der Waals surface area contributed by atoms with E-state index < -0.39 is 5.97 Å². The monoisotopic (exact) mass is 351 g/mol. The summed E-state index contributed by atoms with van der Waals surface area (Å²) in [5.74, 6) is -0.775. The summed E-state index contributed by atoms with van der Waals surface area (Å²) in [6, 6.07) is 7.12. The second kappa shape index (κ2) is 7.56. The zero-order valence-electron chi connectivity index (χ0n) is 14.3. The molecular formula is C18H17N5O3. The van der Waals surface area contributed by atoms with Crippen LogP contribution in [0.2, 0.25) is 0 Å². The molecule has 0 saturated heterocycles. The van der Waals surface area contributed by atoms with Crippen LogP contribution in [0.1, 0.15) is 33.5 Å². The van der Waals surface area contributed by atoms with Crippen LogP contribution in [0, 0.1) is 6.92 Å². The number of hydrogen-bond acceptors (Lipinski definition) is 6. The van der Waals surface area contributed by atoms with Crippen molar-refractivity contribution in [3.63, 3.8) is 0 Å². The summed E-state index contributed by atoms with van der Waals surface area (Å²) in [7, 11) is 0. The highest BCUT2D eigenvalue weighted by molar-refractivity contribution is 6.02. The van der Waals surface area contributed by atoms with E-state index in [2.05, 4.69) is 20.4 Å². The highest BCUT2D eigenvalue weighted by atomic mass is 16.5. The summed E-state index contributed by atoms with van der Waals surface area (Å²) in [5.41, 5.74) is 2.56. The maximum atomic E-state index is 12.2. The molecule has 0 atom stereocenters. The first kappa shape index (κ1) is 17.3. The van der Waals surface area contributed by atoms with Crippen LogP contribution in [0.4, 0.5) is 5.69 Å². The van der Waals surface area contributed by atoms with Crippen LogP contribution >= 0.6 is 0 Å². The van der Waals surface area contributed by atoms with E-state index in [4.69, 9.17) is 4.74 Å². The summed E-state index contributed by atoms with van der Waals surface area (Å²) in [6.45, 7) is 3.83. The standard InChI is InChI=1S/C18H17N5O3/c1-3-26-18(25)15-10-21-23(12(15)2)14-6-4-5-13(9-14)22-17(24)16-11-19-7-8-20-16/h4-11H,3H2,1-2H3,(H,22,24). The average Bonchev–Trinajstić information content (AvgIpc) is 3.04. The molecule has 0 aliphatic rings. The summed E-state index contributed by atoms with van der Waals surface area (Å²) in [6.07, 6.45) is 5.81. The number of esters is 1. The summed E-state index contributed by atoms with van der Waals surface area (Å²) < 4.78 is 6.64. The highest BCUT2D eigenvalue weighted by Gasteiger charge is 2.16. The maximum absolute atomic E-state index is 12.2. The minimum absolute atomic E-state index is 0.220. The number of hydrogen-bond donors (Lipinski definition) is 1. The molecule has 8 heteroatoms. The second-order valence-corrected chi connectivity index (χ2v) is 5.37. The van der Waals surface area contributed by atoms with Gasteiger partial charge in [0.05, 0.1) is 30.4 Å². The van der Waals surface area contributed by atoms with Gasteiger partial charge in [0.2, 0.25) is 0 Å². The van der Waals surface area contributed by atoms with Gasteiger partial charge in [-0.15, -0.1) is 0 Å². The molecule has 0 bridgehead atoms. The molecule has 3 aromatic rings. The fourth-order valence-corrected chi connectivity index (χ4v) is 2.41. The number of rotatable bonds is 5. The van der Waals surface area contributed by atoms with Crippen molar-refractivity contribution in [3.8, 4) is 5.69 Å². The molecule has 0 radical (unpaired) electrons. The Morgan fingerprint density at radius 3 is 2.81 bits per heavy atom. The van der Waals surface area contributed by atoms with Crippen LogP contribution in [0.15, 0.2) is 49.1 Å². The molecule has 1 N–H and O–H groups in total. The summed E-state index contributed by atoms with van der Waals surface area (Å²) >= 11 is 0. The number of carbonyl (C=O) groups excluding carboxylic acids is 2. The van der Waals surface area contributed by atoms with Gasteiger partial charge < -0.3 is 10.1 Å². The van der Waals surface area contributed by atoms with Crippen molar-refractivity contribution in [2.75, 3.05) is 11.9 Å². The lowest BCUT2D eigenvalue weighted by atomic mass is 10.2. The molecule has 1 amide bonds. The lowest BCUT2D eigenvalue weighted by Crippen LogP contribution is -2.14. The van der Waals surface area contributed by atoms with Crippen molar-refractivity contribution in [1.82, 2.24) is 19.7 Å². The number of aromatic nitrogens is 4. The van der Waals surface area contributed by atoms with Crippen molar-refractivity contribution in [2.24, 2.45) is 0 Å². The summed E-state index contributed by atoms with van der Waals surface area (Å²) in [4.78, 5) is 32.0. The van der Waals surface area contributed by atoms with E-state index in [1.807, 2.05) is 6.07 Å². The van der Waals surface area contributed by atoms with E-state index in [0.717, 1.165) is 0 Å². The topological polar surface area (TPSA) is 99.0 Å². The molecule has 3 rings (SSSR count). The minimum atomic E-state index is -0.414. The Kier molecular flexibility index (Phi) is 5.02. The third kappa shape index (κ3) is 3.59. The normalized spacial score (nSPS) is 10.4. The lowest BCUT2D eigenvalue weighted by Gasteiger charge is -2.09. The van der Waals surface area contributed by atoms with Crippen LogP contribution in [0.3, 0.4) is 0 Å².